The number of hydrogen-bond acceptors (Lipinski definition) is 3. The Labute approximate surface area is 134 Å². The van der Waals surface area contributed by atoms with E-state index in [2.05, 4.69) is 11.6 Å². The average Bonchev–Trinajstić information content (AvgIpc) is 2.91. The van der Waals surface area contributed by atoms with Gasteiger partial charge in [0.25, 0.3) is 0 Å². The van der Waals surface area contributed by atoms with Crippen molar-refractivity contribution < 1.29 is 13.2 Å². The van der Waals surface area contributed by atoms with E-state index in [9.17, 15) is 13.2 Å². The summed E-state index contributed by atoms with van der Waals surface area (Å²) < 4.78 is 39.8. The van der Waals surface area contributed by atoms with Gasteiger partial charge in [-0.2, -0.15) is 18.4 Å². The van der Waals surface area contributed by atoms with Gasteiger partial charge in [0, 0.05) is 27.6 Å². The number of halogens is 3. The summed E-state index contributed by atoms with van der Waals surface area (Å²) in [5, 5.41) is 9.61. The summed E-state index contributed by atoms with van der Waals surface area (Å²) in [6.45, 7) is 3.70. The average molecular weight is 330 g/mol. The highest BCUT2D eigenvalue weighted by Gasteiger charge is 2.34. The predicted molar refractivity (Wildman–Crippen MR) is 84.9 cm³/mol. The van der Waals surface area contributed by atoms with Gasteiger partial charge in [-0.3, -0.25) is 0 Å². The van der Waals surface area contributed by atoms with Crippen LogP contribution in [0.3, 0.4) is 0 Å². The largest absolute Gasteiger partial charge is 0.417 e. The maximum absolute atomic E-state index is 13.3. The van der Waals surface area contributed by atoms with Crippen molar-refractivity contribution in [2.24, 2.45) is 0 Å². The summed E-state index contributed by atoms with van der Waals surface area (Å²) in [6.07, 6.45) is -1.54. The Hall–Kier alpha value is -2.65. The minimum Gasteiger partial charge on any atom is -0.244 e. The zero-order valence-corrected chi connectivity index (χ0v) is 12.5. The molecule has 0 fully saturated rings. The number of aromatic nitrogens is 1. The van der Waals surface area contributed by atoms with Crippen molar-refractivity contribution in [3.63, 3.8) is 0 Å². The van der Waals surface area contributed by atoms with Gasteiger partial charge in [-0.1, -0.05) is 30.9 Å². The monoisotopic (exact) mass is 330 g/mol. The fourth-order valence-corrected chi connectivity index (χ4v) is 3.56. The highest BCUT2D eigenvalue weighted by Crippen LogP contribution is 2.44. The molecule has 0 bridgehead atoms. The molecule has 114 valence electrons. The number of nitrogens with zero attached hydrogens (tertiary/aromatic N) is 2. The standard InChI is InChI=1S/C17H9F3N2S/c1-2-11-13-7-10(8-21)9-22-16(13)23-15(11)12-5-3-4-6-14(12)17(18,19)20/h2-7,9H,1H2. The number of hydrogen-bond donors (Lipinski definition) is 0. The SMILES string of the molecule is C=Cc1c(-c2ccccc2C(F)(F)F)sc2ncc(C#N)cc12. The molecule has 0 aliphatic rings. The van der Waals surface area contributed by atoms with E-state index >= 15 is 0 Å². The van der Waals surface area contributed by atoms with Crippen molar-refractivity contribution in [1.82, 2.24) is 4.98 Å². The number of alkyl halides is 3. The highest BCUT2D eigenvalue weighted by molar-refractivity contribution is 7.22. The Morgan fingerprint density at radius 3 is 2.65 bits per heavy atom. The second-order valence-corrected chi connectivity index (χ2v) is 5.78. The quantitative estimate of drug-likeness (QED) is 0.622. The van der Waals surface area contributed by atoms with E-state index in [1.165, 1.54) is 24.4 Å². The molecule has 0 unspecified atom stereocenters. The normalized spacial score (nSPS) is 11.4. The number of fused-ring (bicyclic) bond motifs is 1. The molecule has 3 aromatic rings. The lowest BCUT2D eigenvalue weighted by Gasteiger charge is -2.12. The van der Waals surface area contributed by atoms with Crippen LogP contribution in [-0.4, -0.2) is 4.98 Å². The van der Waals surface area contributed by atoms with Crippen LogP contribution in [0.4, 0.5) is 13.2 Å². The van der Waals surface area contributed by atoms with Gasteiger partial charge in [0.2, 0.25) is 0 Å². The van der Waals surface area contributed by atoms with Gasteiger partial charge in [0.05, 0.1) is 11.1 Å². The van der Waals surface area contributed by atoms with Crippen LogP contribution in [0, 0.1) is 11.3 Å². The van der Waals surface area contributed by atoms with Crippen LogP contribution >= 0.6 is 11.3 Å². The molecular weight excluding hydrogens is 321 g/mol. The van der Waals surface area contributed by atoms with Crippen molar-refractivity contribution in [3.05, 3.63) is 59.8 Å². The van der Waals surface area contributed by atoms with Crippen molar-refractivity contribution in [2.75, 3.05) is 0 Å². The second-order valence-electron chi connectivity index (χ2n) is 4.78. The first kappa shape index (κ1) is 15.3. The van der Waals surface area contributed by atoms with E-state index in [1.54, 1.807) is 12.1 Å². The first-order valence-electron chi connectivity index (χ1n) is 6.57. The lowest BCUT2D eigenvalue weighted by atomic mass is 10.0. The molecule has 0 aliphatic carbocycles. The lowest BCUT2D eigenvalue weighted by Crippen LogP contribution is -2.06. The van der Waals surface area contributed by atoms with E-state index in [4.69, 9.17) is 5.26 Å². The smallest absolute Gasteiger partial charge is 0.244 e. The van der Waals surface area contributed by atoms with Gasteiger partial charge in [-0.15, -0.1) is 11.3 Å². The van der Waals surface area contributed by atoms with Crippen LogP contribution in [0.5, 0.6) is 0 Å². The topological polar surface area (TPSA) is 36.7 Å². The lowest BCUT2D eigenvalue weighted by molar-refractivity contribution is -0.137. The van der Waals surface area contributed by atoms with Crippen molar-refractivity contribution in [3.8, 4) is 16.5 Å². The Bertz CT molecular complexity index is 949. The first-order valence-corrected chi connectivity index (χ1v) is 7.39. The van der Waals surface area contributed by atoms with Gasteiger partial charge < -0.3 is 0 Å². The fourth-order valence-electron chi connectivity index (χ4n) is 2.39. The van der Waals surface area contributed by atoms with Gasteiger partial charge >= 0.3 is 6.18 Å². The summed E-state index contributed by atoms with van der Waals surface area (Å²) in [6, 6.07) is 9.02. The van der Waals surface area contributed by atoms with Crippen molar-refractivity contribution >= 4 is 27.6 Å². The summed E-state index contributed by atoms with van der Waals surface area (Å²) >= 11 is 1.16. The Morgan fingerprint density at radius 2 is 2.00 bits per heavy atom. The molecule has 2 nitrogen and oxygen atoms in total. The Balaban J connectivity index is 2.34. The molecule has 3 rings (SSSR count). The van der Waals surface area contributed by atoms with Crippen LogP contribution in [0.1, 0.15) is 16.7 Å². The number of nitriles is 1. The van der Waals surface area contributed by atoms with Gasteiger partial charge in [-0.05, 0) is 12.1 Å². The van der Waals surface area contributed by atoms with Crippen molar-refractivity contribution in [1.29, 1.82) is 5.26 Å². The first-order chi connectivity index (χ1) is 11.0. The minimum atomic E-state index is -4.45. The molecular formula is C17H9F3N2S. The van der Waals surface area contributed by atoms with E-state index in [0.717, 1.165) is 17.4 Å². The van der Waals surface area contributed by atoms with Gasteiger partial charge in [-0.25, -0.2) is 4.98 Å². The van der Waals surface area contributed by atoms with Crippen LogP contribution in [0.2, 0.25) is 0 Å². The molecule has 0 atom stereocenters. The molecule has 0 N–H and O–H groups in total. The molecule has 1 aromatic carbocycles. The third-order valence-electron chi connectivity index (χ3n) is 3.39. The van der Waals surface area contributed by atoms with Crippen LogP contribution in [0.25, 0.3) is 26.7 Å². The molecule has 2 aromatic heterocycles. The van der Waals surface area contributed by atoms with E-state index in [0.29, 0.717) is 26.2 Å². The zero-order chi connectivity index (χ0) is 16.6. The van der Waals surface area contributed by atoms with E-state index < -0.39 is 11.7 Å². The minimum absolute atomic E-state index is 0.0939. The Morgan fingerprint density at radius 1 is 1.26 bits per heavy atom. The third-order valence-corrected chi connectivity index (χ3v) is 4.56. The number of benzene rings is 1. The van der Waals surface area contributed by atoms with E-state index in [-0.39, 0.29) is 5.56 Å². The molecule has 0 aliphatic heterocycles. The summed E-state index contributed by atoms with van der Waals surface area (Å²) in [7, 11) is 0. The molecule has 23 heavy (non-hydrogen) atoms. The predicted octanol–water partition coefficient (Wildman–Crippen LogP) is 5.50. The fraction of sp³-hybridized carbons (Fsp3) is 0.0588. The molecule has 0 saturated carbocycles. The Kier molecular flexibility index (Phi) is 3.66. The maximum Gasteiger partial charge on any atom is 0.417 e. The van der Waals surface area contributed by atoms with Crippen LogP contribution in [-0.2, 0) is 6.18 Å². The zero-order valence-electron chi connectivity index (χ0n) is 11.7. The third kappa shape index (κ3) is 2.60. The molecule has 0 saturated heterocycles. The highest BCUT2D eigenvalue weighted by atomic mass is 32.1. The van der Waals surface area contributed by atoms with Gasteiger partial charge in [0.1, 0.15) is 10.9 Å². The number of thiophene rings is 1. The summed E-state index contributed by atoms with van der Waals surface area (Å²) in [4.78, 5) is 5.19. The molecule has 2 heterocycles. The molecule has 0 spiro atoms. The molecule has 0 amide bonds. The van der Waals surface area contributed by atoms with Crippen LogP contribution in [0.15, 0.2) is 43.1 Å². The number of pyridine rings is 1. The van der Waals surface area contributed by atoms with E-state index in [1.807, 2.05) is 6.07 Å². The second kappa shape index (κ2) is 5.52. The maximum atomic E-state index is 13.3. The number of rotatable bonds is 2. The summed E-state index contributed by atoms with van der Waals surface area (Å²) in [5.74, 6) is 0. The molecule has 6 heteroatoms. The molecule has 0 radical (unpaired) electrons. The van der Waals surface area contributed by atoms with Crippen LogP contribution < -0.4 is 0 Å². The van der Waals surface area contributed by atoms with Gasteiger partial charge in [0.15, 0.2) is 0 Å². The summed E-state index contributed by atoms with van der Waals surface area (Å²) in [5.41, 5.74) is 0.312. The van der Waals surface area contributed by atoms with Crippen molar-refractivity contribution in [2.45, 2.75) is 6.18 Å².